The number of benzene rings is 1. The molecule has 0 aliphatic carbocycles. The number of hydrogen-bond donors (Lipinski definition) is 1. The molecule has 8 heteroatoms. The van der Waals surface area contributed by atoms with Gasteiger partial charge in [-0.2, -0.15) is 0 Å². The molecule has 1 N–H and O–H groups in total. The second-order valence-corrected chi connectivity index (χ2v) is 6.10. The summed E-state index contributed by atoms with van der Waals surface area (Å²) in [6, 6.07) is 6.27. The number of aliphatic carboxylic acids is 1. The van der Waals surface area contributed by atoms with Crippen LogP contribution in [-0.4, -0.2) is 17.7 Å². The highest BCUT2D eigenvalue weighted by Gasteiger charge is 2.27. The SMILES string of the molecule is CC(C)(C)OC(=O)NCc1ccc(C(C)(N=[N+]=[N-])C(=O)[O-])cc1. The number of hydrogen-bond acceptors (Lipinski definition) is 5. The zero-order valence-corrected chi connectivity index (χ0v) is 13.5. The fourth-order valence-electron chi connectivity index (χ4n) is 1.74. The maximum atomic E-state index is 11.6. The summed E-state index contributed by atoms with van der Waals surface area (Å²) in [4.78, 5) is 25.3. The van der Waals surface area contributed by atoms with E-state index >= 15 is 0 Å². The Kier molecular flexibility index (Phi) is 5.59. The Balaban J connectivity index is 2.79. The average molecular weight is 319 g/mol. The van der Waals surface area contributed by atoms with Crippen molar-refractivity contribution in [1.29, 1.82) is 0 Å². The van der Waals surface area contributed by atoms with Crippen molar-refractivity contribution in [2.75, 3.05) is 0 Å². The first-order chi connectivity index (χ1) is 10.6. The molecule has 1 aromatic carbocycles. The van der Waals surface area contributed by atoms with Gasteiger partial charge < -0.3 is 20.0 Å². The topological polar surface area (TPSA) is 127 Å². The van der Waals surface area contributed by atoms with Crippen LogP contribution in [0.1, 0.15) is 38.8 Å². The number of carbonyl (C=O) groups excluding carboxylic acids is 2. The molecular weight excluding hydrogens is 300 g/mol. The minimum atomic E-state index is -1.79. The summed E-state index contributed by atoms with van der Waals surface area (Å²) in [5, 5.41) is 17.1. The van der Waals surface area contributed by atoms with Crippen molar-refractivity contribution in [1.82, 2.24) is 5.32 Å². The van der Waals surface area contributed by atoms with Crippen LogP contribution in [0.5, 0.6) is 0 Å². The molecule has 0 saturated heterocycles. The number of carbonyl (C=O) groups is 2. The summed E-state index contributed by atoms with van der Waals surface area (Å²) in [7, 11) is 0. The minimum Gasteiger partial charge on any atom is -0.549 e. The number of alkyl carbamates (subject to hydrolysis) is 1. The zero-order valence-electron chi connectivity index (χ0n) is 13.5. The highest BCUT2D eigenvalue weighted by Crippen LogP contribution is 2.25. The Morgan fingerprint density at radius 2 is 1.83 bits per heavy atom. The molecule has 0 aliphatic rings. The van der Waals surface area contributed by atoms with Gasteiger partial charge in [-0.1, -0.05) is 29.4 Å². The van der Waals surface area contributed by atoms with Gasteiger partial charge in [0.1, 0.15) is 11.1 Å². The van der Waals surface area contributed by atoms with Gasteiger partial charge in [0.05, 0.1) is 5.97 Å². The third kappa shape index (κ3) is 5.19. The van der Waals surface area contributed by atoms with Crippen LogP contribution in [0.25, 0.3) is 10.4 Å². The molecule has 1 rings (SSSR count). The molecule has 0 aromatic heterocycles. The Bertz CT molecular complexity index is 626. The van der Waals surface area contributed by atoms with E-state index in [0.29, 0.717) is 0 Å². The molecule has 0 fully saturated rings. The quantitative estimate of drug-likeness (QED) is 0.505. The number of azide groups is 1. The average Bonchev–Trinajstić information content (AvgIpc) is 2.44. The summed E-state index contributed by atoms with van der Waals surface area (Å²) in [5.74, 6) is -1.49. The van der Waals surface area contributed by atoms with Crippen LogP contribution in [-0.2, 0) is 21.6 Å². The van der Waals surface area contributed by atoms with Crippen molar-refractivity contribution in [3.05, 3.63) is 45.8 Å². The molecule has 0 heterocycles. The fraction of sp³-hybridized carbons (Fsp3) is 0.467. The molecule has 1 unspecified atom stereocenters. The van der Waals surface area contributed by atoms with Crippen molar-refractivity contribution < 1.29 is 19.4 Å². The van der Waals surface area contributed by atoms with Gasteiger partial charge in [0.25, 0.3) is 0 Å². The van der Waals surface area contributed by atoms with Crippen LogP contribution in [0, 0.1) is 0 Å². The van der Waals surface area contributed by atoms with Gasteiger partial charge in [0.15, 0.2) is 0 Å². The summed E-state index contributed by atoms with van der Waals surface area (Å²) in [6.45, 7) is 6.77. The van der Waals surface area contributed by atoms with Crippen molar-refractivity contribution in [3.63, 3.8) is 0 Å². The third-order valence-electron chi connectivity index (χ3n) is 2.99. The van der Waals surface area contributed by atoms with Crippen LogP contribution in [0.4, 0.5) is 4.79 Å². The standard InChI is InChI=1S/C15H20N4O4/c1-14(2,3)23-13(22)17-9-10-5-7-11(8-6-10)15(4,12(20)21)18-19-16/h5-8H,9H2,1-4H3,(H,17,22)(H,20,21)/p-1. The monoisotopic (exact) mass is 319 g/mol. The molecule has 23 heavy (non-hydrogen) atoms. The van der Waals surface area contributed by atoms with Gasteiger partial charge in [0, 0.05) is 11.5 Å². The highest BCUT2D eigenvalue weighted by atomic mass is 16.6. The van der Waals surface area contributed by atoms with Gasteiger partial charge in [-0.15, -0.1) is 0 Å². The Morgan fingerprint density at radius 3 is 2.26 bits per heavy atom. The van der Waals surface area contributed by atoms with Crippen molar-refractivity contribution in [2.45, 2.75) is 45.4 Å². The number of carboxylic acid groups (broad SMARTS) is 1. The molecule has 0 bridgehead atoms. The fourth-order valence-corrected chi connectivity index (χ4v) is 1.74. The molecule has 124 valence electrons. The molecule has 1 amide bonds. The van der Waals surface area contributed by atoms with E-state index in [-0.39, 0.29) is 12.1 Å². The number of ether oxygens (including phenoxy) is 1. The van der Waals surface area contributed by atoms with Crippen LogP contribution in [0.15, 0.2) is 29.4 Å². The summed E-state index contributed by atoms with van der Waals surface area (Å²) in [6.07, 6.45) is -0.546. The first-order valence-corrected chi connectivity index (χ1v) is 6.92. The van der Waals surface area contributed by atoms with Gasteiger partial charge >= 0.3 is 6.09 Å². The molecular formula is C15H19N4O4-. The predicted octanol–water partition coefficient (Wildman–Crippen LogP) is 1.99. The first-order valence-electron chi connectivity index (χ1n) is 6.92. The molecule has 0 saturated carbocycles. The first kappa shape index (κ1) is 18.3. The summed E-state index contributed by atoms with van der Waals surface area (Å²) >= 11 is 0. The Labute approximate surface area is 134 Å². The lowest BCUT2D eigenvalue weighted by molar-refractivity contribution is -0.313. The van der Waals surface area contributed by atoms with Gasteiger partial charge in [-0.3, -0.25) is 0 Å². The minimum absolute atomic E-state index is 0.221. The van der Waals surface area contributed by atoms with E-state index in [2.05, 4.69) is 15.3 Å². The lowest BCUT2D eigenvalue weighted by atomic mass is 9.92. The Hall–Kier alpha value is -2.73. The number of carboxylic acids is 1. The maximum absolute atomic E-state index is 11.6. The van der Waals surface area contributed by atoms with Crippen LogP contribution in [0.3, 0.4) is 0 Å². The molecule has 8 nitrogen and oxygen atoms in total. The van der Waals surface area contributed by atoms with Crippen LogP contribution >= 0.6 is 0 Å². The molecule has 0 radical (unpaired) electrons. The third-order valence-corrected chi connectivity index (χ3v) is 2.99. The van der Waals surface area contributed by atoms with E-state index in [1.165, 1.54) is 19.1 Å². The van der Waals surface area contributed by atoms with E-state index in [1.54, 1.807) is 32.9 Å². The largest absolute Gasteiger partial charge is 0.549 e. The normalized spacial score (nSPS) is 13.4. The van der Waals surface area contributed by atoms with Crippen LogP contribution < -0.4 is 10.4 Å². The smallest absolute Gasteiger partial charge is 0.407 e. The van der Waals surface area contributed by atoms with E-state index < -0.39 is 23.2 Å². The predicted molar refractivity (Wildman–Crippen MR) is 81.0 cm³/mol. The molecule has 0 spiro atoms. The van der Waals surface area contributed by atoms with E-state index in [4.69, 9.17) is 10.3 Å². The highest BCUT2D eigenvalue weighted by molar-refractivity contribution is 5.78. The Morgan fingerprint density at radius 1 is 1.26 bits per heavy atom. The van der Waals surface area contributed by atoms with E-state index in [9.17, 15) is 14.7 Å². The van der Waals surface area contributed by atoms with Crippen molar-refractivity contribution >= 4 is 12.1 Å². The summed E-state index contributed by atoms with van der Waals surface area (Å²) in [5.41, 5.74) is 7.17. The molecule has 1 atom stereocenters. The lowest BCUT2D eigenvalue weighted by Gasteiger charge is -2.25. The van der Waals surface area contributed by atoms with E-state index in [0.717, 1.165) is 5.56 Å². The van der Waals surface area contributed by atoms with Crippen molar-refractivity contribution in [3.8, 4) is 0 Å². The second kappa shape index (κ2) is 7.02. The molecule has 0 aliphatic heterocycles. The van der Waals surface area contributed by atoms with Crippen molar-refractivity contribution in [2.24, 2.45) is 5.11 Å². The number of rotatable bonds is 5. The summed E-state index contributed by atoms with van der Waals surface area (Å²) < 4.78 is 5.11. The number of nitrogens with zero attached hydrogens (tertiary/aromatic N) is 3. The number of nitrogens with one attached hydrogen (secondary N) is 1. The lowest BCUT2D eigenvalue weighted by Crippen LogP contribution is -2.42. The second-order valence-electron chi connectivity index (χ2n) is 6.10. The van der Waals surface area contributed by atoms with E-state index in [1.807, 2.05) is 0 Å². The zero-order chi connectivity index (χ0) is 17.7. The van der Waals surface area contributed by atoms with Gasteiger partial charge in [-0.25, -0.2) is 4.79 Å². The van der Waals surface area contributed by atoms with Gasteiger partial charge in [-0.05, 0) is 44.4 Å². The number of amides is 1. The molecule has 1 aromatic rings. The van der Waals surface area contributed by atoms with Gasteiger partial charge in [0.2, 0.25) is 0 Å². The van der Waals surface area contributed by atoms with Crippen LogP contribution in [0.2, 0.25) is 0 Å². The maximum Gasteiger partial charge on any atom is 0.407 e.